The Morgan fingerprint density at radius 2 is 2.64 bits per heavy atom. The summed E-state index contributed by atoms with van der Waals surface area (Å²) in [6, 6.07) is 0. The van der Waals surface area contributed by atoms with Crippen LogP contribution < -0.4 is 0 Å². The molecule has 0 bridgehead atoms. The number of ether oxygens (including phenoxy) is 1. The van der Waals surface area contributed by atoms with E-state index in [0.717, 1.165) is 12.1 Å². The maximum absolute atomic E-state index is 5.55. The first-order valence-corrected chi connectivity index (χ1v) is 5.20. The van der Waals surface area contributed by atoms with Crippen LogP contribution in [0.5, 0.6) is 0 Å². The summed E-state index contributed by atoms with van der Waals surface area (Å²) in [6.45, 7) is 6.91. The number of hydrogen-bond donors (Lipinski definition) is 0. The van der Waals surface area contributed by atoms with Gasteiger partial charge in [0.15, 0.2) is 5.60 Å². The molecule has 0 saturated heterocycles. The predicted molar refractivity (Wildman–Crippen MR) is 55.3 cm³/mol. The molecule has 0 aromatic carbocycles. The average Bonchev–Trinajstić information content (AvgIpc) is 2.69. The predicted octanol–water partition coefficient (Wildman–Crippen LogP) is 2.13. The molecule has 0 amide bonds. The molecule has 0 aromatic rings. The lowest BCUT2D eigenvalue weighted by molar-refractivity contribution is -0.0851. The monoisotopic (exact) mass is 195 g/mol. The van der Waals surface area contributed by atoms with Crippen molar-refractivity contribution in [3.8, 4) is 0 Å². The standard InChI is InChI=1S/C11H17NO2/c1-3-7-13-8-11-6-4-5-10(11)9(2)12-14-11/h3,10H,1,4-8H2,2H3. The third kappa shape index (κ3) is 1.46. The van der Waals surface area contributed by atoms with Gasteiger partial charge in [0.25, 0.3) is 0 Å². The first kappa shape index (κ1) is 9.71. The molecular formula is C11H17NO2. The van der Waals surface area contributed by atoms with E-state index >= 15 is 0 Å². The molecule has 0 N–H and O–H groups in total. The van der Waals surface area contributed by atoms with Crippen LogP contribution >= 0.6 is 0 Å². The zero-order chi connectivity index (χ0) is 10.0. The molecular weight excluding hydrogens is 178 g/mol. The minimum Gasteiger partial charge on any atom is -0.386 e. The molecule has 2 atom stereocenters. The first-order valence-electron chi connectivity index (χ1n) is 5.20. The van der Waals surface area contributed by atoms with Gasteiger partial charge >= 0.3 is 0 Å². The van der Waals surface area contributed by atoms with Crippen LogP contribution in [0, 0.1) is 5.92 Å². The highest BCUT2D eigenvalue weighted by molar-refractivity contribution is 5.86. The highest BCUT2D eigenvalue weighted by Crippen LogP contribution is 2.43. The molecule has 1 heterocycles. The quantitative estimate of drug-likeness (QED) is 0.508. The molecule has 2 aliphatic rings. The average molecular weight is 195 g/mol. The Hall–Kier alpha value is -0.830. The van der Waals surface area contributed by atoms with Crippen LogP contribution in [0.15, 0.2) is 17.8 Å². The van der Waals surface area contributed by atoms with Crippen molar-refractivity contribution in [2.24, 2.45) is 11.1 Å². The Bertz CT molecular complexity index is 262. The second-order valence-corrected chi connectivity index (χ2v) is 4.14. The van der Waals surface area contributed by atoms with Gasteiger partial charge in [-0.15, -0.1) is 6.58 Å². The van der Waals surface area contributed by atoms with Crippen molar-refractivity contribution in [1.82, 2.24) is 0 Å². The van der Waals surface area contributed by atoms with Gasteiger partial charge in [0.1, 0.15) is 0 Å². The SMILES string of the molecule is C=CCOCC12CCCC1C(C)=NO2. The minimum absolute atomic E-state index is 0.146. The summed E-state index contributed by atoms with van der Waals surface area (Å²) in [5.41, 5.74) is 0.984. The molecule has 0 spiro atoms. The highest BCUT2D eigenvalue weighted by atomic mass is 16.7. The third-order valence-electron chi connectivity index (χ3n) is 3.19. The van der Waals surface area contributed by atoms with E-state index < -0.39 is 0 Å². The van der Waals surface area contributed by atoms with Crippen molar-refractivity contribution in [1.29, 1.82) is 0 Å². The third-order valence-corrected chi connectivity index (χ3v) is 3.19. The summed E-state index contributed by atoms with van der Waals surface area (Å²) in [5.74, 6) is 0.479. The van der Waals surface area contributed by atoms with E-state index in [9.17, 15) is 0 Å². The summed E-state index contributed by atoms with van der Waals surface area (Å²) in [4.78, 5) is 5.55. The van der Waals surface area contributed by atoms with Gasteiger partial charge in [0, 0.05) is 5.92 Å². The van der Waals surface area contributed by atoms with Crippen LogP contribution in [0.2, 0.25) is 0 Å². The molecule has 1 aliphatic heterocycles. The van der Waals surface area contributed by atoms with Gasteiger partial charge in [-0.2, -0.15) is 0 Å². The van der Waals surface area contributed by atoms with E-state index in [4.69, 9.17) is 9.57 Å². The molecule has 2 rings (SSSR count). The van der Waals surface area contributed by atoms with Gasteiger partial charge in [-0.25, -0.2) is 0 Å². The van der Waals surface area contributed by atoms with E-state index in [2.05, 4.69) is 11.7 Å². The van der Waals surface area contributed by atoms with Gasteiger partial charge in [0.2, 0.25) is 0 Å². The van der Waals surface area contributed by atoms with Gasteiger partial charge in [-0.3, -0.25) is 0 Å². The number of hydrogen-bond acceptors (Lipinski definition) is 3. The van der Waals surface area contributed by atoms with Crippen molar-refractivity contribution in [2.75, 3.05) is 13.2 Å². The van der Waals surface area contributed by atoms with Crippen molar-refractivity contribution in [2.45, 2.75) is 31.8 Å². The topological polar surface area (TPSA) is 30.8 Å². The number of rotatable bonds is 4. The van der Waals surface area contributed by atoms with E-state index in [0.29, 0.717) is 19.1 Å². The second kappa shape index (κ2) is 3.73. The zero-order valence-electron chi connectivity index (χ0n) is 8.66. The summed E-state index contributed by atoms with van der Waals surface area (Å²) < 4.78 is 5.50. The molecule has 3 nitrogen and oxygen atoms in total. The van der Waals surface area contributed by atoms with Gasteiger partial charge in [0.05, 0.1) is 18.9 Å². The van der Waals surface area contributed by atoms with Crippen LogP contribution in [0.4, 0.5) is 0 Å². The van der Waals surface area contributed by atoms with Gasteiger partial charge in [-0.05, 0) is 26.2 Å². The molecule has 2 unspecified atom stereocenters. The smallest absolute Gasteiger partial charge is 0.168 e. The largest absolute Gasteiger partial charge is 0.386 e. The van der Waals surface area contributed by atoms with Gasteiger partial charge < -0.3 is 9.57 Å². The fraction of sp³-hybridized carbons (Fsp3) is 0.727. The Morgan fingerprint density at radius 3 is 3.43 bits per heavy atom. The molecule has 1 aliphatic carbocycles. The normalized spacial score (nSPS) is 34.9. The summed E-state index contributed by atoms with van der Waals surface area (Å²) in [7, 11) is 0. The van der Waals surface area contributed by atoms with E-state index in [-0.39, 0.29) is 5.60 Å². The van der Waals surface area contributed by atoms with Crippen molar-refractivity contribution < 1.29 is 9.57 Å². The number of oxime groups is 1. The lowest BCUT2D eigenvalue weighted by Crippen LogP contribution is -2.38. The van der Waals surface area contributed by atoms with E-state index in [1.165, 1.54) is 12.8 Å². The Balaban J connectivity index is 1.98. The maximum Gasteiger partial charge on any atom is 0.168 e. The van der Waals surface area contributed by atoms with Crippen molar-refractivity contribution >= 4 is 5.71 Å². The summed E-state index contributed by atoms with van der Waals surface area (Å²) in [6.07, 6.45) is 5.24. The van der Waals surface area contributed by atoms with Crippen LogP contribution in [0.1, 0.15) is 26.2 Å². The molecule has 1 saturated carbocycles. The maximum atomic E-state index is 5.55. The molecule has 0 radical (unpaired) electrons. The highest BCUT2D eigenvalue weighted by Gasteiger charge is 2.50. The number of fused-ring (bicyclic) bond motifs is 1. The fourth-order valence-electron chi connectivity index (χ4n) is 2.48. The number of nitrogens with zero attached hydrogens (tertiary/aromatic N) is 1. The van der Waals surface area contributed by atoms with Gasteiger partial charge in [-0.1, -0.05) is 11.2 Å². The van der Waals surface area contributed by atoms with Crippen LogP contribution in [-0.4, -0.2) is 24.5 Å². The zero-order valence-corrected chi connectivity index (χ0v) is 8.66. The van der Waals surface area contributed by atoms with Crippen LogP contribution in [0.25, 0.3) is 0 Å². The minimum atomic E-state index is -0.146. The lowest BCUT2D eigenvalue weighted by atomic mass is 9.89. The molecule has 1 fully saturated rings. The Kier molecular flexibility index (Phi) is 2.59. The van der Waals surface area contributed by atoms with E-state index in [1.807, 2.05) is 6.92 Å². The van der Waals surface area contributed by atoms with Crippen molar-refractivity contribution in [3.63, 3.8) is 0 Å². The lowest BCUT2D eigenvalue weighted by Gasteiger charge is -2.26. The molecule has 3 heteroatoms. The van der Waals surface area contributed by atoms with Crippen LogP contribution in [-0.2, 0) is 9.57 Å². The second-order valence-electron chi connectivity index (χ2n) is 4.14. The summed E-state index contributed by atoms with van der Waals surface area (Å²) in [5, 5.41) is 4.08. The van der Waals surface area contributed by atoms with Crippen LogP contribution in [0.3, 0.4) is 0 Å². The first-order chi connectivity index (χ1) is 6.78. The molecule has 78 valence electrons. The summed E-state index contributed by atoms with van der Waals surface area (Å²) >= 11 is 0. The Labute approximate surface area is 84.8 Å². The fourth-order valence-corrected chi connectivity index (χ4v) is 2.48. The van der Waals surface area contributed by atoms with Crippen molar-refractivity contribution in [3.05, 3.63) is 12.7 Å². The molecule has 14 heavy (non-hydrogen) atoms. The molecule has 0 aromatic heterocycles. The Morgan fingerprint density at radius 1 is 1.79 bits per heavy atom. The van der Waals surface area contributed by atoms with E-state index in [1.54, 1.807) is 6.08 Å².